The molecule has 3 heteroatoms. The molecule has 17 heavy (non-hydrogen) atoms. The fourth-order valence-electron chi connectivity index (χ4n) is 1.55. The molecule has 2 aromatic carbocycles. The van der Waals surface area contributed by atoms with Crippen LogP contribution in [0.5, 0.6) is 11.5 Å². The van der Waals surface area contributed by atoms with E-state index in [9.17, 15) is 0 Å². The molecular formula is C14H16N2O. The molecule has 88 valence electrons. The van der Waals surface area contributed by atoms with Crippen LogP contribution in [0.1, 0.15) is 5.56 Å². The van der Waals surface area contributed by atoms with E-state index >= 15 is 0 Å². The summed E-state index contributed by atoms with van der Waals surface area (Å²) in [7, 11) is 1.93. The van der Waals surface area contributed by atoms with Crippen LogP contribution in [-0.2, 0) is 6.54 Å². The lowest BCUT2D eigenvalue weighted by molar-refractivity contribution is 0.482. The molecule has 0 spiro atoms. The number of nitrogen functional groups attached to an aromatic ring is 1. The van der Waals surface area contributed by atoms with Crippen LogP contribution in [-0.4, -0.2) is 7.05 Å². The Kier molecular flexibility index (Phi) is 3.62. The van der Waals surface area contributed by atoms with Crippen LogP contribution in [0.2, 0.25) is 0 Å². The normalized spacial score (nSPS) is 10.2. The van der Waals surface area contributed by atoms with Gasteiger partial charge in [0.15, 0.2) is 0 Å². The van der Waals surface area contributed by atoms with E-state index in [0.29, 0.717) is 0 Å². The third-order valence-corrected chi connectivity index (χ3v) is 2.42. The first-order valence-corrected chi connectivity index (χ1v) is 5.55. The molecule has 0 aliphatic carbocycles. The molecule has 0 radical (unpaired) electrons. The van der Waals surface area contributed by atoms with E-state index in [-0.39, 0.29) is 0 Å². The monoisotopic (exact) mass is 228 g/mol. The summed E-state index contributed by atoms with van der Waals surface area (Å²) in [6.45, 7) is 0.863. The van der Waals surface area contributed by atoms with Gasteiger partial charge in [-0.05, 0) is 49.0 Å². The Bertz CT molecular complexity index is 463. The summed E-state index contributed by atoms with van der Waals surface area (Å²) >= 11 is 0. The molecule has 0 amide bonds. The highest BCUT2D eigenvalue weighted by atomic mass is 16.5. The van der Waals surface area contributed by atoms with Crippen LogP contribution < -0.4 is 15.8 Å². The molecule has 0 fully saturated rings. The number of nitrogens with two attached hydrogens (primary N) is 1. The third kappa shape index (κ3) is 3.23. The van der Waals surface area contributed by atoms with Crippen LogP contribution in [0, 0.1) is 0 Å². The maximum absolute atomic E-state index is 5.69. The first-order valence-electron chi connectivity index (χ1n) is 5.55. The highest BCUT2D eigenvalue weighted by Crippen LogP contribution is 2.22. The summed E-state index contributed by atoms with van der Waals surface area (Å²) in [6.07, 6.45) is 0. The third-order valence-electron chi connectivity index (χ3n) is 2.42. The van der Waals surface area contributed by atoms with E-state index in [4.69, 9.17) is 10.5 Å². The maximum Gasteiger partial charge on any atom is 0.127 e. The zero-order valence-electron chi connectivity index (χ0n) is 9.81. The average Bonchev–Trinajstić information content (AvgIpc) is 2.35. The molecule has 3 nitrogen and oxygen atoms in total. The van der Waals surface area contributed by atoms with Crippen LogP contribution >= 0.6 is 0 Å². The minimum Gasteiger partial charge on any atom is -0.457 e. The van der Waals surface area contributed by atoms with Crippen LogP contribution in [0.15, 0.2) is 48.5 Å². The summed E-state index contributed by atoms with van der Waals surface area (Å²) in [6, 6.07) is 15.4. The molecule has 2 rings (SSSR count). The van der Waals surface area contributed by atoms with Gasteiger partial charge in [0, 0.05) is 12.2 Å². The lowest BCUT2D eigenvalue weighted by Gasteiger charge is -2.07. The number of hydrogen-bond acceptors (Lipinski definition) is 3. The van der Waals surface area contributed by atoms with Crippen molar-refractivity contribution in [2.45, 2.75) is 6.54 Å². The molecule has 0 aliphatic rings. The Hall–Kier alpha value is -2.00. The first-order chi connectivity index (χ1) is 8.28. The minimum absolute atomic E-state index is 0.738. The highest BCUT2D eigenvalue weighted by molar-refractivity contribution is 5.43. The molecule has 0 aliphatic heterocycles. The van der Waals surface area contributed by atoms with Crippen LogP contribution in [0.4, 0.5) is 5.69 Å². The Morgan fingerprint density at radius 1 is 0.941 bits per heavy atom. The van der Waals surface area contributed by atoms with Crippen molar-refractivity contribution in [1.82, 2.24) is 5.32 Å². The summed E-state index contributed by atoms with van der Waals surface area (Å²) in [5.41, 5.74) is 7.58. The summed E-state index contributed by atoms with van der Waals surface area (Å²) in [5, 5.41) is 3.10. The SMILES string of the molecule is CNCc1ccc(Oc2ccc(N)cc2)cc1. The Labute approximate surface area is 101 Å². The molecule has 3 N–H and O–H groups in total. The largest absolute Gasteiger partial charge is 0.457 e. The van der Waals surface area contributed by atoms with Crippen molar-refractivity contribution in [2.75, 3.05) is 12.8 Å². The second-order valence-electron chi connectivity index (χ2n) is 3.85. The highest BCUT2D eigenvalue weighted by Gasteiger charge is 1.97. The Morgan fingerprint density at radius 3 is 2.00 bits per heavy atom. The average molecular weight is 228 g/mol. The molecule has 0 bridgehead atoms. The number of rotatable bonds is 4. The topological polar surface area (TPSA) is 47.3 Å². The molecular weight excluding hydrogens is 212 g/mol. The molecule has 0 unspecified atom stereocenters. The van der Waals surface area contributed by atoms with Gasteiger partial charge in [-0.3, -0.25) is 0 Å². The van der Waals surface area contributed by atoms with Crippen molar-refractivity contribution in [1.29, 1.82) is 0 Å². The van der Waals surface area contributed by atoms with E-state index < -0.39 is 0 Å². The Morgan fingerprint density at radius 2 is 1.47 bits per heavy atom. The second kappa shape index (κ2) is 5.37. The van der Waals surface area contributed by atoms with Gasteiger partial charge in [-0.2, -0.15) is 0 Å². The molecule has 0 saturated carbocycles. The summed E-state index contributed by atoms with van der Waals surface area (Å²) < 4.78 is 5.69. The second-order valence-corrected chi connectivity index (χ2v) is 3.85. The van der Waals surface area contributed by atoms with Gasteiger partial charge in [0.05, 0.1) is 0 Å². The van der Waals surface area contributed by atoms with E-state index in [2.05, 4.69) is 5.32 Å². The standard InChI is InChI=1S/C14H16N2O/c1-16-10-11-2-6-13(7-3-11)17-14-8-4-12(15)5-9-14/h2-9,16H,10,15H2,1H3. The van der Waals surface area contributed by atoms with Gasteiger partial charge in [-0.1, -0.05) is 12.1 Å². The zero-order chi connectivity index (χ0) is 12.1. The van der Waals surface area contributed by atoms with E-state index in [1.54, 1.807) is 0 Å². The van der Waals surface area contributed by atoms with E-state index in [1.807, 2.05) is 55.6 Å². The lowest BCUT2D eigenvalue weighted by atomic mass is 10.2. The fourth-order valence-corrected chi connectivity index (χ4v) is 1.55. The summed E-state index contributed by atoms with van der Waals surface area (Å²) in [4.78, 5) is 0. The molecule has 0 atom stereocenters. The number of ether oxygens (including phenoxy) is 1. The van der Waals surface area contributed by atoms with Gasteiger partial charge < -0.3 is 15.8 Å². The maximum atomic E-state index is 5.69. The predicted octanol–water partition coefficient (Wildman–Crippen LogP) is 2.78. The van der Waals surface area contributed by atoms with Gasteiger partial charge in [-0.15, -0.1) is 0 Å². The molecule has 0 aromatic heterocycles. The Balaban J connectivity index is 2.05. The minimum atomic E-state index is 0.738. The predicted molar refractivity (Wildman–Crippen MR) is 70.1 cm³/mol. The van der Waals surface area contributed by atoms with E-state index in [0.717, 1.165) is 23.7 Å². The molecule has 2 aromatic rings. The number of hydrogen-bond donors (Lipinski definition) is 2. The number of benzene rings is 2. The zero-order valence-corrected chi connectivity index (χ0v) is 9.81. The smallest absolute Gasteiger partial charge is 0.127 e. The fraction of sp³-hybridized carbons (Fsp3) is 0.143. The number of anilines is 1. The van der Waals surface area contributed by atoms with Crippen LogP contribution in [0.3, 0.4) is 0 Å². The van der Waals surface area contributed by atoms with Gasteiger partial charge in [-0.25, -0.2) is 0 Å². The lowest BCUT2D eigenvalue weighted by Crippen LogP contribution is -2.04. The number of nitrogens with one attached hydrogen (secondary N) is 1. The van der Waals surface area contributed by atoms with Crippen LogP contribution in [0.25, 0.3) is 0 Å². The van der Waals surface area contributed by atoms with E-state index in [1.165, 1.54) is 5.56 Å². The van der Waals surface area contributed by atoms with Gasteiger partial charge in [0.25, 0.3) is 0 Å². The first kappa shape index (κ1) is 11.5. The van der Waals surface area contributed by atoms with Crippen molar-refractivity contribution in [3.63, 3.8) is 0 Å². The van der Waals surface area contributed by atoms with Gasteiger partial charge in [0.1, 0.15) is 11.5 Å². The van der Waals surface area contributed by atoms with Crippen molar-refractivity contribution in [3.8, 4) is 11.5 Å². The molecule has 0 saturated heterocycles. The summed E-state index contributed by atoms with van der Waals surface area (Å²) in [5.74, 6) is 1.62. The van der Waals surface area contributed by atoms with Gasteiger partial charge in [0.2, 0.25) is 0 Å². The van der Waals surface area contributed by atoms with Crippen molar-refractivity contribution in [3.05, 3.63) is 54.1 Å². The van der Waals surface area contributed by atoms with Crippen molar-refractivity contribution >= 4 is 5.69 Å². The van der Waals surface area contributed by atoms with Crippen molar-refractivity contribution in [2.24, 2.45) is 0 Å². The van der Waals surface area contributed by atoms with Crippen molar-refractivity contribution < 1.29 is 4.74 Å². The quantitative estimate of drug-likeness (QED) is 0.791. The van der Waals surface area contributed by atoms with Gasteiger partial charge >= 0.3 is 0 Å². The molecule has 0 heterocycles.